The summed E-state index contributed by atoms with van der Waals surface area (Å²) in [4.78, 5) is 14.4. The normalized spacial score (nSPS) is 21.7. The molecule has 0 saturated carbocycles. The molecule has 0 aromatic rings. The first-order valence-corrected chi connectivity index (χ1v) is 7.80. The van der Waals surface area contributed by atoms with Crippen molar-refractivity contribution in [1.82, 2.24) is 10.2 Å². The standard InChI is InChI=1S/C15H31N3O/c1-4-13(3)14(16)15(19)17-10-12(2)11-18-8-6-5-7-9-18/h12-14H,4-11,16H2,1-3H3,(H,17,19)/t12?,13-,14-/m0/s1. The van der Waals surface area contributed by atoms with Crippen molar-refractivity contribution in [2.45, 2.75) is 52.5 Å². The van der Waals surface area contributed by atoms with Crippen LogP contribution in [0.25, 0.3) is 0 Å². The van der Waals surface area contributed by atoms with Crippen LogP contribution >= 0.6 is 0 Å². The Balaban J connectivity index is 2.21. The summed E-state index contributed by atoms with van der Waals surface area (Å²) in [5.41, 5.74) is 5.92. The SMILES string of the molecule is CC[C@H](C)[C@H](N)C(=O)NCC(C)CN1CCCCC1. The predicted molar refractivity (Wildman–Crippen MR) is 79.9 cm³/mol. The monoisotopic (exact) mass is 269 g/mol. The zero-order valence-electron chi connectivity index (χ0n) is 12.8. The van der Waals surface area contributed by atoms with E-state index in [1.165, 1.54) is 32.4 Å². The Kier molecular flexibility index (Phi) is 7.39. The molecule has 0 aromatic heterocycles. The first-order chi connectivity index (χ1) is 9.04. The lowest BCUT2D eigenvalue weighted by Gasteiger charge is -2.29. The average Bonchev–Trinajstić information content (AvgIpc) is 2.44. The molecule has 1 amide bonds. The van der Waals surface area contributed by atoms with Crippen LogP contribution in [0.1, 0.15) is 46.5 Å². The maximum Gasteiger partial charge on any atom is 0.237 e. The summed E-state index contributed by atoms with van der Waals surface area (Å²) < 4.78 is 0. The Morgan fingerprint density at radius 3 is 2.47 bits per heavy atom. The summed E-state index contributed by atoms with van der Waals surface area (Å²) in [7, 11) is 0. The molecule has 112 valence electrons. The predicted octanol–water partition coefficient (Wildman–Crippen LogP) is 1.60. The van der Waals surface area contributed by atoms with Gasteiger partial charge in [0.1, 0.15) is 0 Å². The molecule has 1 saturated heterocycles. The van der Waals surface area contributed by atoms with Crippen molar-refractivity contribution in [3.05, 3.63) is 0 Å². The molecule has 0 aliphatic carbocycles. The summed E-state index contributed by atoms with van der Waals surface area (Å²) in [6.45, 7) is 10.5. The van der Waals surface area contributed by atoms with E-state index >= 15 is 0 Å². The molecule has 0 bridgehead atoms. The van der Waals surface area contributed by atoms with E-state index in [1.807, 2.05) is 6.92 Å². The highest BCUT2D eigenvalue weighted by atomic mass is 16.2. The number of nitrogens with two attached hydrogens (primary N) is 1. The van der Waals surface area contributed by atoms with E-state index in [0.29, 0.717) is 5.92 Å². The highest BCUT2D eigenvalue weighted by Crippen LogP contribution is 2.11. The maximum atomic E-state index is 11.9. The summed E-state index contributed by atoms with van der Waals surface area (Å²) in [5.74, 6) is 0.739. The molecule has 3 N–H and O–H groups in total. The second-order valence-electron chi connectivity index (χ2n) is 6.12. The fourth-order valence-electron chi connectivity index (χ4n) is 2.55. The van der Waals surface area contributed by atoms with Crippen molar-refractivity contribution in [2.24, 2.45) is 17.6 Å². The Bertz CT molecular complexity index is 264. The van der Waals surface area contributed by atoms with Gasteiger partial charge in [0.2, 0.25) is 5.91 Å². The number of carbonyl (C=O) groups excluding carboxylic acids is 1. The Morgan fingerprint density at radius 1 is 1.26 bits per heavy atom. The zero-order valence-corrected chi connectivity index (χ0v) is 12.8. The zero-order chi connectivity index (χ0) is 14.3. The van der Waals surface area contributed by atoms with E-state index in [2.05, 4.69) is 24.1 Å². The van der Waals surface area contributed by atoms with Crippen LogP contribution in [-0.2, 0) is 4.79 Å². The number of hydrogen-bond donors (Lipinski definition) is 2. The number of piperidine rings is 1. The number of nitrogens with one attached hydrogen (secondary N) is 1. The van der Waals surface area contributed by atoms with Crippen molar-refractivity contribution in [1.29, 1.82) is 0 Å². The Labute approximate surface area is 118 Å². The first kappa shape index (κ1) is 16.4. The van der Waals surface area contributed by atoms with E-state index in [0.717, 1.165) is 19.5 Å². The Morgan fingerprint density at radius 2 is 1.89 bits per heavy atom. The van der Waals surface area contributed by atoms with Gasteiger partial charge in [-0.2, -0.15) is 0 Å². The van der Waals surface area contributed by atoms with Crippen molar-refractivity contribution >= 4 is 5.91 Å². The van der Waals surface area contributed by atoms with E-state index in [1.54, 1.807) is 0 Å². The fourth-order valence-corrected chi connectivity index (χ4v) is 2.55. The molecule has 4 nitrogen and oxygen atoms in total. The van der Waals surface area contributed by atoms with Crippen LogP contribution in [0.5, 0.6) is 0 Å². The van der Waals surface area contributed by atoms with Crippen LogP contribution in [0, 0.1) is 11.8 Å². The maximum absolute atomic E-state index is 11.9. The number of carbonyl (C=O) groups is 1. The van der Waals surface area contributed by atoms with Crippen molar-refractivity contribution < 1.29 is 4.79 Å². The van der Waals surface area contributed by atoms with E-state index < -0.39 is 0 Å². The number of nitrogens with zero attached hydrogens (tertiary/aromatic N) is 1. The average molecular weight is 269 g/mol. The number of hydrogen-bond acceptors (Lipinski definition) is 3. The molecule has 0 aromatic carbocycles. The van der Waals surface area contributed by atoms with E-state index in [4.69, 9.17) is 5.73 Å². The van der Waals surface area contributed by atoms with Gasteiger partial charge in [0.05, 0.1) is 6.04 Å². The van der Waals surface area contributed by atoms with Crippen LogP contribution in [0.4, 0.5) is 0 Å². The van der Waals surface area contributed by atoms with Crippen LogP contribution in [0.15, 0.2) is 0 Å². The van der Waals surface area contributed by atoms with Gasteiger partial charge in [-0.05, 0) is 37.8 Å². The molecule has 1 rings (SSSR count). The summed E-state index contributed by atoms with van der Waals surface area (Å²) in [6, 6.07) is -0.368. The molecule has 1 aliphatic rings. The highest BCUT2D eigenvalue weighted by Gasteiger charge is 2.20. The quantitative estimate of drug-likeness (QED) is 0.738. The van der Waals surface area contributed by atoms with E-state index in [-0.39, 0.29) is 17.9 Å². The highest BCUT2D eigenvalue weighted by molar-refractivity contribution is 5.81. The third-order valence-corrected chi connectivity index (χ3v) is 4.20. The lowest BCUT2D eigenvalue weighted by molar-refractivity contribution is -0.123. The molecule has 1 aliphatic heterocycles. The minimum Gasteiger partial charge on any atom is -0.354 e. The number of likely N-dealkylation sites (tertiary alicyclic amines) is 1. The van der Waals surface area contributed by atoms with Crippen LogP contribution < -0.4 is 11.1 Å². The van der Waals surface area contributed by atoms with E-state index in [9.17, 15) is 4.79 Å². The largest absolute Gasteiger partial charge is 0.354 e. The number of amides is 1. The van der Waals surface area contributed by atoms with Gasteiger partial charge in [-0.3, -0.25) is 4.79 Å². The molecular weight excluding hydrogens is 238 g/mol. The van der Waals surface area contributed by atoms with Gasteiger partial charge < -0.3 is 16.0 Å². The molecule has 4 heteroatoms. The third kappa shape index (κ3) is 5.91. The minimum atomic E-state index is -0.368. The van der Waals surface area contributed by atoms with Crippen molar-refractivity contribution in [3.8, 4) is 0 Å². The van der Waals surface area contributed by atoms with Crippen LogP contribution in [-0.4, -0.2) is 43.0 Å². The molecule has 1 unspecified atom stereocenters. The molecule has 1 fully saturated rings. The summed E-state index contributed by atoms with van der Waals surface area (Å²) >= 11 is 0. The second kappa shape index (κ2) is 8.54. The smallest absolute Gasteiger partial charge is 0.237 e. The van der Waals surface area contributed by atoms with Crippen molar-refractivity contribution in [2.75, 3.05) is 26.2 Å². The van der Waals surface area contributed by atoms with Gasteiger partial charge in [0.15, 0.2) is 0 Å². The van der Waals surface area contributed by atoms with Gasteiger partial charge in [0.25, 0.3) is 0 Å². The molecule has 0 spiro atoms. The third-order valence-electron chi connectivity index (χ3n) is 4.20. The fraction of sp³-hybridized carbons (Fsp3) is 0.933. The minimum absolute atomic E-state index is 0.000144. The van der Waals surface area contributed by atoms with Gasteiger partial charge in [0, 0.05) is 13.1 Å². The first-order valence-electron chi connectivity index (χ1n) is 7.80. The summed E-state index contributed by atoms with van der Waals surface area (Å²) in [6.07, 6.45) is 4.94. The van der Waals surface area contributed by atoms with Gasteiger partial charge in [-0.15, -0.1) is 0 Å². The van der Waals surface area contributed by atoms with Gasteiger partial charge in [-0.1, -0.05) is 33.6 Å². The molecule has 3 atom stereocenters. The second-order valence-corrected chi connectivity index (χ2v) is 6.12. The van der Waals surface area contributed by atoms with Gasteiger partial charge >= 0.3 is 0 Å². The van der Waals surface area contributed by atoms with Crippen LogP contribution in [0.3, 0.4) is 0 Å². The van der Waals surface area contributed by atoms with Crippen molar-refractivity contribution in [3.63, 3.8) is 0 Å². The molecule has 0 radical (unpaired) electrons. The lowest BCUT2D eigenvalue weighted by atomic mass is 9.99. The van der Waals surface area contributed by atoms with Crippen LogP contribution in [0.2, 0.25) is 0 Å². The Hall–Kier alpha value is -0.610. The summed E-state index contributed by atoms with van der Waals surface area (Å²) in [5, 5.41) is 3.00. The lowest BCUT2D eigenvalue weighted by Crippen LogP contribution is -2.46. The number of rotatable bonds is 7. The molecular formula is C15H31N3O. The molecule has 19 heavy (non-hydrogen) atoms. The topological polar surface area (TPSA) is 58.4 Å². The molecule has 1 heterocycles. The van der Waals surface area contributed by atoms with Gasteiger partial charge in [-0.25, -0.2) is 0 Å².